The summed E-state index contributed by atoms with van der Waals surface area (Å²) in [6.07, 6.45) is 1.66. The second-order valence-electron chi connectivity index (χ2n) is 6.55. The molecule has 7 nitrogen and oxygen atoms in total. The van der Waals surface area contributed by atoms with Crippen molar-refractivity contribution in [1.29, 1.82) is 0 Å². The molecule has 0 N–H and O–H groups in total. The molecule has 2 aromatic carbocycles. The molecule has 0 radical (unpaired) electrons. The lowest BCUT2D eigenvalue weighted by Gasteiger charge is -2.22. The normalized spacial score (nSPS) is 11.6. The molecule has 0 aliphatic heterocycles. The maximum Gasteiger partial charge on any atom is 0.387 e. The van der Waals surface area contributed by atoms with E-state index in [0.717, 1.165) is 22.5 Å². The van der Waals surface area contributed by atoms with E-state index in [1.54, 1.807) is 25.1 Å². The average Bonchev–Trinajstić information content (AvgIpc) is 2.78. The molecule has 0 amide bonds. The van der Waals surface area contributed by atoms with E-state index in [4.69, 9.17) is 0 Å². The fourth-order valence-corrected chi connectivity index (χ4v) is 4.43. The van der Waals surface area contributed by atoms with E-state index >= 15 is 0 Å². The number of rotatable bonds is 10. The molecule has 0 atom stereocenters. The zero-order valence-electron chi connectivity index (χ0n) is 17.2. The van der Waals surface area contributed by atoms with Gasteiger partial charge in [0.25, 0.3) is 10.0 Å². The molecule has 1 aromatic heterocycles. The summed E-state index contributed by atoms with van der Waals surface area (Å²) in [5, 5.41) is 0. The van der Waals surface area contributed by atoms with E-state index in [9.17, 15) is 26.0 Å². The Morgan fingerprint density at radius 2 is 1.67 bits per heavy atom. The summed E-state index contributed by atoms with van der Waals surface area (Å²) in [5.41, 5.74) is -0.134. The van der Waals surface area contributed by atoms with Gasteiger partial charge in [-0.25, -0.2) is 22.7 Å². The fourth-order valence-electron chi connectivity index (χ4n) is 2.95. The van der Waals surface area contributed by atoms with Crippen LogP contribution in [0.2, 0.25) is 0 Å². The Morgan fingerprint density at radius 1 is 0.970 bits per heavy atom. The van der Waals surface area contributed by atoms with Crippen molar-refractivity contribution in [2.45, 2.75) is 31.5 Å². The predicted molar refractivity (Wildman–Crippen MR) is 112 cm³/mol. The van der Waals surface area contributed by atoms with Crippen LogP contribution in [0.1, 0.15) is 13.3 Å². The fraction of sp³-hybridized carbons (Fsp3) is 0.238. The number of nitrogens with zero attached hydrogens (tertiary/aromatic N) is 3. The number of alkyl halides is 4. The highest BCUT2D eigenvalue weighted by molar-refractivity contribution is 7.92. The minimum Gasteiger partial charge on any atom is -0.435 e. The van der Waals surface area contributed by atoms with Crippen molar-refractivity contribution in [3.05, 3.63) is 60.8 Å². The molecule has 0 saturated carbocycles. The molecule has 0 saturated heterocycles. The highest BCUT2D eigenvalue weighted by atomic mass is 32.2. The third-order valence-electron chi connectivity index (χ3n) is 4.29. The van der Waals surface area contributed by atoms with Crippen molar-refractivity contribution >= 4 is 16.0 Å². The molecule has 0 bridgehead atoms. The Bertz CT molecular complexity index is 1180. The summed E-state index contributed by atoms with van der Waals surface area (Å²) in [6, 6.07) is 12.1. The number of hydrogen-bond donors (Lipinski definition) is 0. The first-order valence-corrected chi connectivity index (χ1v) is 11.1. The Hall–Kier alpha value is -3.41. The highest BCUT2D eigenvalue weighted by Gasteiger charge is 2.27. The Kier molecular flexibility index (Phi) is 7.69. The van der Waals surface area contributed by atoms with Gasteiger partial charge in [-0.15, -0.1) is 0 Å². The predicted octanol–water partition coefficient (Wildman–Crippen LogP) is 4.95. The summed E-state index contributed by atoms with van der Waals surface area (Å²) < 4.78 is 87.2. The van der Waals surface area contributed by atoms with E-state index in [-0.39, 0.29) is 40.1 Å². The lowest BCUT2D eigenvalue weighted by molar-refractivity contribution is -0.0526. The Morgan fingerprint density at radius 3 is 2.30 bits per heavy atom. The number of hydrogen-bond acceptors (Lipinski definition) is 6. The topological polar surface area (TPSA) is 81.6 Å². The lowest BCUT2D eigenvalue weighted by atomic mass is 10.1. The van der Waals surface area contributed by atoms with Crippen molar-refractivity contribution in [2.24, 2.45) is 0 Å². The van der Waals surface area contributed by atoms with Crippen molar-refractivity contribution < 1.29 is 35.5 Å². The largest absolute Gasteiger partial charge is 0.435 e. The van der Waals surface area contributed by atoms with Crippen molar-refractivity contribution in [3.8, 4) is 22.8 Å². The van der Waals surface area contributed by atoms with Gasteiger partial charge in [0.15, 0.2) is 0 Å². The van der Waals surface area contributed by atoms with E-state index in [2.05, 4.69) is 19.4 Å². The van der Waals surface area contributed by atoms with Gasteiger partial charge in [0, 0.05) is 18.3 Å². The van der Waals surface area contributed by atoms with E-state index in [0.29, 0.717) is 6.42 Å². The summed E-state index contributed by atoms with van der Waals surface area (Å²) in [6.45, 7) is -4.54. The number of sulfonamides is 1. The number of benzene rings is 2. The first-order valence-electron chi connectivity index (χ1n) is 9.67. The van der Waals surface area contributed by atoms with Gasteiger partial charge in [-0.3, -0.25) is 0 Å². The zero-order chi connectivity index (χ0) is 24.0. The number of anilines is 1. The van der Waals surface area contributed by atoms with Crippen LogP contribution in [0.15, 0.2) is 65.7 Å². The molecular weight excluding hydrogens is 466 g/mol. The van der Waals surface area contributed by atoms with Gasteiger partial charge in [0.2, 0.25) is 5.95 Å². The molecule has 0 aliphatic carbocycles. The maximum atomic E-state index is 13.2. The second kappa shape index (κ2) is 10.5. The molecular formula is C21H19F4N3O4S. The second-order valence-corrected chi connectivity index (χ2v) is 8.41. The molecule has 0 aliphatic rings. The van der Waals surface area contributed by atoms with Gasteiger partial charge in [-0.1, -0.05) is 25.1 Å². The standard InChI is InChI=1S/C21H19F4N3O4S/c1-2-12-28(33(29,30)15-6-4-3-5-7-15)21-26-11-10-17(27-21)16-13-14(31-19(22)23)8-9-18(16)32-20(24)25/h3-11,13,19-20H,2,12H2,1H3. The maximum absolute atomic E-state index is 13.2. The van der Waals surface area contributed by atoms with Gasteiger partial charge in [0.1, 0.15) is 11.5 Å². The summed E-state index contributed by atoms with van der Waals surface area (Å²) in [5.74, 6) is -0.894. The van der Waals surface area contributed by atoms with Crippen LogP contribution in [-0.4, -0.2) is 38.2 Å². The smallest absolute Gasteiger partial charge is 0.387 e. The lowest BCUT2D eigenvalue weighted by Crippen LogP contribution is -2.33. The van der Waals surface area contributed by atoms with Crippen molar-refractivity contribution in [2.75, 3.05) is 10.8 Å². The third kappa shape index (κ3) is 5.89. The van der Waals surface area contributed by atoms with Crippen LogP contribution in [0.4, 0.5) is 23.5 Å². The SMILES string of the molecule is CCCN(c1nccc(-c2cc(OC(F)F)ccc2OC(F)F)n1)S(=O)(=O)c1ccccc1. The first-order chi connectivity index (χ1) is 15.7. The zero-order valence-corrected chi connectivity index (χ0v) is 18.1. The molecule has 12 heteroatoms. The minimum absolute atomic E-state index is 0.0153. The molecule has 0 unspecified atom stereocenters. The van der Waals surface area contributed by atoms with E-state index in [1.807, 2.05) is 0 Å². The van der Waals surface area contributed by atoms with Gasteiger partial charge >= 0.3 is 13.2 Å². The minimum atomic E-state index is -4.04. The van der Waals surface area contributed by atoms with Gasteiger partial charge in [0.05, 0.1) is 10.6 Å². The van der Waals surface area contributed by atoms with Crippen molar-refractivity contribution in [3.63, 3.8) is 0 Å². The van der Waals surface area contributed by atoms with E-state index in [1.165, 1.54) is 24.4 Å². The molecule has 176 valence electrons. The van der Waals surface area contributed by atoms with Crippen LogP contribution in [0, 0.1) is 0 Å². The summed E-state index contributed by atoms with van der Waals surface area (Å²) in [4.78, 5) is 8.26. The number of halogens is 4. The van der Waals surface area contributed by atoms with Crippen molar-refractivity contribution in [1.82, 2.24) is 9.97 Å². The van der Waals surface area contributed by atoms with Crippen LogP contribution in [0.25, 0.3) is 11.3 Å². The Balaban J connectivity index is 2.10. The first kappa shape index (κ1) is 24.2. The van der Waals surface area contributed by atoms with E-state index < -0.39 is 23.2 Å². The monoisotopic (exact) mass is 485 g/mol. The van der Waals surface area contributed by atoms with Crippen LogP contribution in [0.3, 0.4) is 0 Å². The molecule has 3 aromatic rings. The van der Waals surface area contributed by atoms with Gasteiger partial charge in [-0.05, 0) is 42.8 Å². The molecule has 0 spiro atoms. The number of ether oxygens (including phenoxy) is 2. The quantitative estimate of drug-likeness (QED) is 0.378. The van der Waals surface area contributed by atoms with Crippen LogP contribution in [-0.2, 0) is 10.0 Å². The number of aromatic nitrogens is 2. The van der Waals surface area contributed by atoms with Crippen LogP contribution >= 0.6 is 0 Å². The average molecular weight is 485 g/mol. The highest BCUT2D eigenvalue weighted by Crippen LogP contribution is 2.35. The van der Waals surface area contributed by atoms with Gasteiger partial charge < -0.3 is 9.47 Å². The Labute approximate surface area is 187 Å². The summed E-state index contributed by atoms with van der Waals surface area (Å²) in [7, 11) is -4.04. The third-order valence-corrected chi connectivity index (χ3v) is 6.09. The molecule has 0 fully saturated rings. The summed E-state index contributed by atoms with van der Waals surface area (Å²) >= 11 is 0. The molecule has 3 rings (SSSR count). The van der Waals surface area contributed by atoms with Gasteiger partial charge in [-0.2, -0.15) is 17.6 Å². The molecule has 33 heavy (non-hydrogen) atoms. The molecule has 1 heterocycles. The van der Waals surface area contributed by atoms with Crippen LogP contribution < -0.4 is 13.8 Å². The van der Waals surface area contributed by atoms with Crippen LogP contribution in [0.5, 0.6) is 11.5 Å².